The second kappa shape index (κ2) is 6.27. The number of rotatable bonds is 2. The van der Waals surface area contributed by atoms with Crippen molar-refractivity contribution >= 4 is 46.2 Å². The Kier molecular flexibility index (Phi) is 3.91. The molecule has 2 heterocycles. The summed E-state index contributed by atoms with van der Waals surface area (Å²) in [6.45, 7) is 1.98. The molecule has 2 aromatic carbocycles. The maximum absolute atomic E-state index is 13.0. The lowest BCUT2D eigenvalue weighted by Crippen LogP contribution is -2.48. The predicted molar refractivity (Wildman–Crippen MR) is 119 cm³/mol. The second-order valence-electron chi connectivity index (χ2n) is 7.51. The highest BCUT2D eigenvalue weighted by Gasteiger charge is 2.44. The van der Waals surface area contributed by atoms with E-state index in [2.05, 4.69) is 0 Å². The molecule has 1 atom stereocenters. The summed E-state index contributed by atoms with van der Waals surface area (Å²) in [5.74, 6) is -0.208. The van der Waals surface area contributed by atoms with Gasteiger partial charge in [0.15, 0.2) is 0 Å². The average molecular weight is 417 g/mol. The van der Waals surface area contributed by atoms with Gasteiger partial charge < -0.3 is 0 Å². The van der Waals surface area contributed by atoms with E-state index in [1.807, 2.05) is 61.5 Å². The number of nitrogens with zero attached hydrogens (tertiary/aromatic N) is 2. The number of benzene rings is 2. The molecule has 142 valence electrons. The van der Waals surface area contributed by atoms with E-state index >= 15 is 0 Å². The fourth-order valence-electron chi connectivity index (χ4n) is 4.12. The fraction of sp³-hybridized carbons (Fsp3) is 0.130. The van der Waals surface area contributed by atoms with Crippen LogP contribution < -0.4 is 0 Å². The number of carbonyl (C=O) groups is 2. The van der Waals surface area contributed by atoms with Crippen LogP contribution in [0.3, 0.4) is 0 Å². The lowest BCUT2D eigenvalue weighted by Gasteiger charge is -2.38. The molecule has 0 N–H and O–H groups in total. The van der Waals surface area contributed by atoms with Crippen LogP contribution >= 0.6 is 24.4 Å². The highest BCUT2D eigenvalue weighted by atomic mass is 32.1. The molecule has 0 saturated carbocycles. The van der Waals surface area contributed by atoms with E-state index in [0.717, 1.165) is 16.8 Å². The van der Waals surface area contributed by atoms with E-state index in [9.17, 15) is 9.59 Å². The summed E-state index contributed by atoms with van der Waals surface area (Å²) in [6.07, 6.45) is 6.28. The molecule has 4 nitrogen and oxygen atoms in total. The minimum absolute atomic E-state index is 0.0882. The Labute approximate surface area is 179 Å². The molecule has 0 fully saturated rings. The summed E-state index contributed by atoms with van der Waals surface area (Å²) in [7, 11) is 0. The molecule has 2 aliphatic heterocycles. The molecule has 6 heteroatoms. The lowest BCUT2D eigenvalue weighted by atomic mass is 9.90. The van der Waals surface area contributed by atoms with Crippen LogP contribution in [0.5, 0.6) is 0 Å². The highest BCUT2D eigenvalue weighted by molar-refractivity contribution is 7.81. The topological polar surface area (TPSA) is 40.6 Å². The second-order valence-corrected chi connectivity index (χ2v) is 8.28. The molecule has 3 aliphatic rings. The first-order valence-corrected chi connectivity index (χ1v) is 10.1. The molecule has 0 aromatic heterocycles. The van der Waals surface area contributed by atoms with Crippen molar-refractivity contribution in [3.8, 4) is 0 Å². The Bertz CT molecular complexity index is 1130. The molecule has 2 aromatic rings. The maximum atomic E-state index is 13.0. The third-order valence-electron chi connectivity index (χ3n) is 5.69. The Hall–Kier alpha value is -2.96. The molecule has 5 rings (SSSR count). The zero-order valence-electron chi connectivity index (χ0n) is 15.6. The van der Waals surface area contributed by atoms with E-state index < -0.39 is 5.54 Å². The third kappa shape index (κ3) is 2.49. The van der Waals surface area contributed by atoms with Gasteiger partial charge in [-0.1, -0.05) is 73.0 Å². The molecular weight excluding hydrogens is 400 g/mol. The Morgan fingerprint density at radius 3 is 1.90 bits per heavy atom. The van der Waals surface area contributed by atoms with Gasteiger partial charge in [0.05, 0.1) is 16.7 Å². The quantitative estimate of drug-likeness (QED) is 0.687. The van der Waals surface area contributed by atoms with Crippen molar-refractivity contribution in [2.24, 2.45) is 0 Å². The maximum Gasteiger partial charge on any atom is 0.264 e. The average Bonchev–Trinajstić information content (AvgIpc) is 3.14. The van der Waals surface area contributed by atoms with Crippen LogP contribution in [0.15, 0.2) is 72.5 Å². The minimum atomic E-state index is -0.603. The molecular formula is C23H16N2O2S2. The molecule has 29 heavy (non-hydrogen) atoms. The van der Waals surface area contributed by atoms with Crippen molar-refractivity contribution in [3.05, 3.63) is 94.7 Å². The first-order valence-electron chi connectivity index (χ1n) is 9.27. The number of hydrogen-bond donors (Lipinski definition) is 0. The third-order valence-corrected chi connectivity index (χ3v) is 6.50. The van der Waals surface area contributed by atoms with Crippen molar-refractivity contribution in [3.63, 3.8) is 0 Å². The van der Waals surface area contributed by atoms with Crippen LogP contribution in [-0.4, -0.2) is 37.1 Å². The van der Waals surface area contributed by atoms with Gasteiger partial charge in [-0.15, -0.1) is 0 Å². The first-order chi connectivity index (χ1) is 13.9. The summed E-state index contributed by atoms with van der Waals surface area (Å²) < 4.78 is 0. The van der Waals surface area contributed by atoms with Crippen LogP contribution in [0, 0.1) is 0 Å². The van der Waals surface area contributed by atoms with Gasteiger partial charge in [0.25, 0.3) is 11.8 Å². The van der Waals surface area contributed by atoms with Crippen LogP contribution in [0.25, 0.3) is 0 Å². The van der Waals surface area contributed by atoms with Crippen molar-refractivity contribution in [1.29, 1.82) is 0 Å². The summed E-state index contributed by atoms with van der Waals surface area (Å²) in [5, 5.41) is 0. The molecule has 2 amide bonds. The number of hydrogen-bond acceptors (Lipinski definition) is 4. The monoisotopic (exact) mass is 416 g/mol. The van der Waals surface area contributed by atoms with Gasteiger partial charge in [0, 0.05) is 16.8 Å². The van der Waals surface area contributed by atoms with E-state index in [1.165, 1.54) is 0 Å². The van der Waals surface area contributed by atoms with Gasteiger partial charge in [-0.3, -0.25) is 19.4 Å². The zero-order chi connectivity index (χ0) is 20.3. The van der Waals surface area contributed by atoms with Gasteiger partial charge in [-0.25, -0.2) is 0 Å². The lowest BCUT2D eigenvalue weighted by molar-refractivity contribution is 0.0775. The van der Waals surface area contributed by atoms with Crippen LogP contribution in [-0.2, 0) is 0 Å². The molecule has 0 radical (unpaired) electrons. The molecule has 0 spiro atoms. The Morgan fingerprint density at radius 2 is 1.38 bits per heavy atom. The fourth-order valence-corrected chi connectivity index (χ4v) is 4.96. The van der Waals surface area contributed by atoms with Crippen LogP contribution in [0.1, 0.15) is 45.2 Å². The van der Waals surface area contributed by atoms with Crippen LogP contribution in [0.4, 0.5) is 0 Å². The number of thiocarbonyl (C=S) groups is 2. The molecule has 1 unspecified atom stereocenters. The van der Waals surface area contributed by atoms with Crippen molar-refractivity contribution in [1.82, 2.24) is 9.80 Å². The van der Waals surface area contributed by atoms with Crippen LogP contribution in [0.2, 0.25) is 0 Å². The predicted octanol–water partition coefficient (Wildman–Crippen LogP) is 4.25. The molecule has 1 aliphatic carbocycles. The van der Waals surface area contributed by atoms with Gasteiger partial charge >= 0.3 is 0 Å². The molecule has 0 saturated heterocycles. The number of fused-ring (bicyclic) bond motifs is 2. The standard InChI is InChI=1S/C23H16N2O2S2/c1-23(25-20(27)16-7-3-5-9-18(16)22(25)29)12-10-14(11-13-23)24-19(26)15-6-2-4-8-17(15)21(24)28/h2-12H,13H2,1H3. The van der Waals surface area contributed by atoms with Gasteiger partial charge in [-0.2, -0.15) is 0 Å². The van der Waals surface area contributed by atoms with E-state index in [1.54, 1.807) is 21.9 Å². The largest absolute Gasteiger partial charge is 0.289 e. The number of carbonyl (C=O) groups excluding carboxylic acids is 2. The normalized spacial score (nSPS) is 22.9. The smallest absolute Gasteiger partial charge is 0.264 e. The van der Waals surface area contributed by atoms with E-state index in [0.29, 0.717) is 27.5 Å². The number of amides is 2. The van der Waals surface area contributed by atoms with E-state index in [4.69, 9.17) is 24.4 Å². The van der Waals surface area contributed by atoms with Gasteiger partial charge in [0.1, 0.15) is 9.98 Å². The number of allylic oxidation sites excluding steroid dienone is 1. The Balaban J connectivity index is 1.44. The summed E-state index contributed by atoms with van der Waals surface area (Å²) in [4.78, 5) is 30.1. The van der Waals surface area contributed by atoms with Gasteiger partial charge in [-0.05, 0) is 31.6 Å². The minimum Gasteiger partial charge on any atom is -0.289 e. The first kappa shape index (κ1) is 18.1. The summed E-state index contributed by atoms with van der Waals surface area (Å²) in [6, 6.07) is 14.8. The van der Waals surface area contributed by atoms with Crippen molar-refractivity contribution in [2.45, 2.75) is 18.9 Å². The zero-order valence-corrected chi connectivity index (χ0v) is 17.2. The Morgan fingerprint density at radius 1 is 0.828 bits per heavy atom. The SMILES string of the molecule is CC1(N2C(=O)c3ccccc3C2=S)C=CC(N2C(=O)c3ccccc3C2=S)=CC1. The summed E-state index contributed by atoms with van der Waals surface area (Å²) >= 11 is 11.2. The van der Waals surface area contributed by atoms with Crippen molar-refractivity contribution in [2.75, 3.05) is 0 Å². The van der Waals surface area contributed by atoms with Crippen molar-refractivity contribution < 1.29 is 9.59 Å². The summed E-state index contributed by atoms with van der Waals surface area (Å²) in [5.41, 5.74) is 2.95. The molecule has 0 bridgehead atoms. The van der Waals surface area contributed by atoms with E-state index in [-0.39, 0.29) is 11.8 Å². The highest BCUT2D eigenvalue weighted by Crippen LogP contribution is 2.37. The van der Waals surface area contributed by atoms with Gasteiger partial charge in [0.2, 0.25) is 0 Å².